The van der Waals surface area contributed by atoms with Crippen molar-refractivity contribution in [1.82, 2.24) is 14.7 Å². The topological polar surface area (TPSA) is 43.9 Å². The van der Waals surface area contributed by atoms with Crippen LogP contribution in [0.4, 0.5) is 4.39 Å². The number of benzene rings is 2. The van der Waals surface area contributed by atoms with Crippen molar-refractivity contribution in [2.24, 2.45) is 0 Å². The van der Waals surface area contributed by atoms with Crippen molar-refractivity contribution in [3.05, 3.63) is 92.9 Å². The van der Waals surface area contributed by atoms with Crippen LogP contribution in [0.25, 0.3) is 0 Å². The first-order valence-corrected chi connectivity index (χ1v) is 13.5. The quantitative estimate of drug-likeness (QED) is 0.495. The summed E-state index contributed by atoms with van der Waals surface area (Å²) in [6.45, 7) is 7.05. The van der Waals surface area contributed by atoms with Crippen LogP contribution in [0.1, 0.15) is 51.3 Å². The molecule has 0 N–H and O–H groups in total. The third-order valence-electron chi connectivity index (χ3n) is 7.51. The van der Waals surface area contributed by atoms with Gasteiger partial charge in [-0.15, -0.1) is 11.3 Å². The number of hydrogen-bond acceptors (Lipinski definition) is 4. The van der Waals surface area contributed by atoms with Crippen molar-refractivity contribution < 1.29 is 14.0 Å². The molecule has 0 aliphatic carbocycles. The van der Waals surface area contributed by atoms with Gasteiger partial charge in [-0.25, -0.2) is 4.39 Å². The Hall–Kier alpha value is -3.03. The number of piperazine rings is 1. The number of hydrogen-bond donors (Lipinski definition) is 0. The van der Waals surface area contributed by atoms with Gasteiger partial charge in [-0.1, -0.05) is 36.4 Å². The van der Waals surface area contributed by atoms with Gasteiger partial charge >= 0.3 is 0 Å². The molecule has 0 spiro atoms. The van der Waals surface area contributed by atoms with E-state index in [1.165, 1.54) is 33.7 Å². The fourth-order valence-electron chi connectivity index (χ4n) is 5.54. The van der Waals surface area contributed by atoms with Crippen LogP contribution in [-0.2, 0) is 11.2 Å². The molecule has 0 bridgehead atoms. The lowest BCUT2D eigenvalue weighted by Crippen LogP contribution is -2.55. The maximum absolute atomic E-state index is 14.1. The second kappa shape index (κ2) is 10.5. The predicted molar refractivity (Wildman–Crippen MR) is 141 cm³/mol. The van der Waals surface area contributed by atoms with Gasteiger partial charge in [0.25, 0.3) is 5.91 Å². The second-order valence-electron chi connectivity index (χ2n) is 9.76. The monoisotopic (exact) mass is 505 g/mol. The molecule has 36 heavy (non-hydrogen) atoms. The maximum atomic E-state index is 14.1. The highest BCUT2D eigenvalue weighted by Crippen LogP contribution is 2.38. The highest BCUT2D eigenvalue weighted by atomic mass is 32.1. The number of rotatable bonds is 5. The molecule has 1 aromatic heterocycles. The van der Waals surface area contributed by atoms with E-state index in [0.29, 0.717) is 32.6 Å². The smallest absolute Gasteiger partial charge is 0.257 e. The summed E-state index contributed by atoms with van der Waals surface area (Å²) in [5.74, 6) is -0.708. The number of fused-ring (bicyclic) bond motifs is 1. The zero-order valence-corrected chi connectivity index (χ0v) is 21.6. The highest BCUT2D eigenvalue weighted by molar-refractivity contribution is 7.10. The Bertz CT molecular complexity index is 1260. The van der Waals surface area contributed by atoms with Crippen LogP contribution in [0.15, 0.2) is 60.0 Å². The summed E-state index contributed by atoms with van der Waals surface area (Å²) in [6, 6.07) is 16.8. The van der Waals surface area contributed by atoms with Gasteiger partial charge in [0.1, 0.15) is 5.82 Å². The molecule has 5 nitrogen and oxygen atoms in total. The Balaban J connectivity index is 1.23. The fourth-order valence-corrected chi connectivity index (χ4v) is 6.44. The Labute approximate surface area is 216 Å². The van der Waals surface area contributed by atoms with Gasteiger partial charge in [-0.05, 0) is 60.5 Å². The van der Waals surface area contributed by atoms with E-state index in [-0.39, 0.29) is 29.5 Å². The molecule has 1 saturated heterocycles. The first-order chi connectivity index (χ1) is 17.4. The number of thiophene rings is 1. The van der Waals surface area contributed by atoms with Crippen molar-refractivity contribution in [2.45, 2.75) is 38.8 Å². The predicted octanol–water partition coefficient (Wildman–Crippen LogP) is 4.91. The molecule has 1 fully saturated rings. The van der Waals surface area contributed by atoms with Gasteiger partial charge in [0.15, 0.2) is 0 Å². The summed E-state index contributed by atoms with van der Waals surface area (Å²) in [7, 11) is 0. The molecule has 0 saturated carbocycles. The highest BCUT2D eigenvalue weighted by Gasteiger charge is 2.33. The van der Waals surface area contributed by atoms with E-state index >= 15 is 0 Å². The molecular formula is C29H32FN3O2S. The number of carbonyl (C=O) groups is 2. The summed E-state index contributed by atoms with van der Waals surface area (Å²) in [5.41, 5.74) is 4.02. The molecule has 7 heteroatoms. The minimum absolute atomic E-state index is 0.0873. The first-order valence-electron chi connectivity index (χ1n) is 12.6. The van der Waals surface area contributed by atoms with Gasteiger partial charge in [-0.2, -0.15) is 0 Å². The molecule has 3 heterocycles. The van der Waals surface area contributed by atoms with Crippen LogP contribution >= 0.6 is 11.3 Å². The SMILES string of the molecule is Cc1ccccc1C1c2ccsc2CCN1CCC(=O)N1CCN(C(=O)c2ccccc2F)C(C)C1. The zero-order chi connectivity index (χ0) is 25.2. The Morgan fingerprint density at radius 1 is 1.00 bits per heavy atom. The molecule has 188 valence electrons. The second-order valence-corrected chi connectivity index (χ2v) is 10.8. The van der Waals surface area contributed by atoms with E-state index in [9.17, 15) is 14.0 Å². The van der Waals surface area contributed by atoms with E-state index in [4.69, 9.17) is 0 Å². The van der Waals surface area contributed by atoms with E-state index in [1.54, 1.807) is 17.0 Å². The van der Waals surface area contributed by atoms with Crippen LogP contribution in [0.5, 0.6) is 0 Å². The van der Waals surface area contributed by atoms with Gasteiger partial charge in [-0.3, -0.25) is 14.5 Å². The average molecular weight is 506 g/mol. The van der Waals surface area contributed by atoms with Crippen LogP contribution < -0.4 is 0 Å². The lowest BCUT2D eigenvalue weighted by atomic mass is 9.90. The van der Waals surface area contributed by atoms with Gasteiger partial charge < -0.3 is 9.80 Å². The van der Waals surface area contributed by atoms with E-state index in [1.807, 2.05) is 23.2 Å². The first kappa shape index (κ1) is 24.7. The minimum Gasteiger partial charge on any atom is -0.339 e. The molecule has 2 unspecified atom stereocenters. The van der Waals surface area contributed by atoms with Crippen LogP contribution in [0.3, 0.4) is 0 Å². The van der Waals surface area contributed by atoms with E-state index in [0.717, 1.165) is 13.0 Å². The average Bonchev–Trinajstić information content (AvgIpc) is 3.36. The molecule has 2 amide bonds. The summed E-state index contributed by atoms with van der Waals surface area (Å²) in [4.78, 5) is 33.5. The van der Waals surface area contributed by atoms with Crippen LogP contribution in [0.2, 0.25) is 0 Å². The zero-order valence-electron chi connectivity index (χ0n) is 20.8. The lowest BCUT2D eigenvalue weighted by Gasteiger charge is -2.41. The fraction of sp³-hybridized carbons (Fsp3) is 0.379. The molecule has 0 radical (unpaired) electrons. The van der Waals surface area contributed by atoms with Crippen molar-refractivity contribution >= 4 is 23.2 Å². The number of carbonyl (C=O) groups excluding carboxylic acids is 2. The van der Waals surface area contributed by atoms with E-state index in [2.05, 4.69) is 47.5 Å². The standard InChI is InChI=1S/C29H32FN3O2S/c1-20-7-3-4-8-22(20)28-24-13-18-36-26(24)11-14-31(28)15-12-27(34)32-16-17-33(21(2)19-32)29(35)23-9-5-6-10-25(23)30/h3-10,13,18,21,28H,11-12,14-17,19H2,1-2H3. The summed E-state index contributed by atoms with van der Waals surface area (Å²) >= 11 is 1.82. The summed E-state index contributed by atoms with van der Waals surface area (Å²) in [5, 5.41) is 2.17. The molecule has 2 aliphatic rings. The molecular weight excluding hydrogens is 473 g/mol. The molecule has 5 rings (SSSR count). The molecule has 2 aromatic carbocycles. The lowest BCUT2D eigenvalue weighted by molar-refractivity contribution is -0.134. The number of aryl methyl sites for hydroxylation is 1. The molecule has 2 atom stereocenters. The molecule has 3 aromatic rings. The summed E-state index contributed by atoms with van der Waals surface area (Å²) < 4.78 is 14.1. The van der Waals surface area contributed by atoms with E-state index < -0.39 is 5.82 Å². The maximum Gasteiger partial charge on any atom is 0.257 e. The van der Waals surface area contributed by atoms with Crippen molar-refractivity contribution in [1.29, 1.82) is 0 Å². The summed E-state index contributed by atoms with van der Waals surface area (Å²) in [6.07, 6.45) is 1.45. The minimum atomic E-state index is -0.508. The largest absolute Gasteiger partial charge is 0.339 e. The Kier molecular flexibility index (Phi) is 7.21. The van der Waals surface area contributed by atoms with Crippen molar-refractivity contribution in [3.8, 4) is 0 Å². The van der Waals surface area contributed by atoms with Gasteiger partial charge in [0.05, 0.1) is 11.6 Å². The third kappa shape index (κ3) is 4.82. The van der Waals surface area contributed by atoms with Crippen molar-refractivity contribution in [2.75, 3.05) is 32.7 Å². The number of amides is 2. The normalized spacial score (nSPS) is 20.3. The third-order valence-corrected chi connectivity index (χ3v) is 8.50. The number of nitrogens with zero attached hydrogens (tertiary/aromatic N) is 3. The van der Waals surface area contributed by atoms with Crippen LogP contribution in [-0.4, -0.2) is 65.3 Å². The van der Waals surface area contributed by atoms with Crippen molar-refractivity contribution in [3.63, 3.8) is 0 Å². The Morgan fingerprint density at radius 2 is 1.78 bits per heavy atom. The van der Waals surface area contributed by atoms with Gasteiger partial charge in [0, 0.05) is 50.1 Å². The Morgan fingerprint density at radius 3 is 2.56 bits per heavy atom. The molecule has 2 aliphatic heterocycles. The van der Waals surface area contributed by atoms with Gasteiger partial charge in [0.2, 0.25) is 5.91 Å². The number of halogens is 1. The van der Waals surface area contributed by atoms with Crippen LogP contribution in [0, 0.1) is 12.7 Å².